The second kappa shape index (κ2) is 11.3. The molecular formula is C24H24N4O4. The van der Waals surface area contributed by atoms with Crippen molar-refractivity contribution in [3.63, 3.8) is 0 Å². The number of ether oxygens (including phenoxy) is 2. The number of rotatable bonds is 9. The minimum Gasteiger partial charge on any atom is -0.490 e. The van der Waals surface area contributed by atoms with E-state index in [-0.39, 0.29) is 18.4 Å². The van der Waals surface area contributed by atoms with E-state index in [1.54, 1.807) is 36.5 Å². The van der Waals surface area contributed by atoms with E-state index in [0.717, 1.165) is 11.3 Å². The molecule has 8 nitrogen and oxygen atoms in total. The first-order valence-electron chi connectivity index (χ1n) is 10.1. The maximum Gasteiger partial charge on any atom is 0.272 e. The van der Waals surface area contributed by atoms with E-state index < -0.39 is 0 Å². The number of hydrogen-bond acceptors (Lipinski definition) is 6. The highest BCUT2D eigenvalue weighted by Gasteiger charge is 2.10. The van der Waals surface area contributed by atoms with Crippen LogP contribution >= 0.6 is 0 Å². The minimum atomic E-state index is -0.362. The predicted molar refractivity (Wildman–Crippen MR) is 122 cm³/mol. The normalized spacial score (nSPS) is 10.6. The molecule has 2 aromatic carbocycles. The lowest BCUT2D eigenvalue weighted by atomic mass is 10.2. The molecule has 1 aromatic heterocycles. The fraction of sp³-hybridized carbons (Fsp3) is 0.167. The number of benzene rings is 2. The Morgan fingerprint density at radius 2 is 1.91 bits per heavy atom. The fourth-order valence-electron chi connectivity index (χ4n) is 2.76. The van der Waals surface area contributed by atoms with Crippen LogP contribution in [0, 0.1) is 6.92 Å². The number of amides is 2. The minimum absolute atomic E-state index is 0.164. The van der Waals surface area contributed by atoms with E-state index in [2.05, 4.69) is 20.8 Å². The summed E-state index contributed by atoms with van der Waals surface area (Å²) in [7, 11) is 0. The molecule has 3 rings (SSSR count). The molecule has 0 radical (unpaired) electrons. The zero-order valence-corrected chi connectivity index (χ0v) is 17.9. The van der Waals surface area contributed by atoms with Crippen LogP contribution in [0.3, 0.4) is 0 Å². The molecule has 3 aromatic rings. The monoisotopic (exact) mass is 432 g/mol. The number of aromatic nitrogens is 1. The Morgan fingerprint density at radius 3 is 2.66 bits per heavy atom. The second-order valence-electron chi connectivity index (χ2n) is 6.73. The third kappa shape index (κ3) is 6.40. The molecule has 0 aliphatic carbocycles. The molecule has 0 saturated heterocycles. The lowest BCUT2D eigenvalue weighted by Gasteiger charge is -2.13. The van der Waals surface area contributed by atoms with Crippen LogP contribution in [0.15, 0.2) is 72.1 Å². The van der Waals surface area contributed by atoms with E-state index in [1.807, 2.05) is 38.1 Å². The highest BCUT2D eigenvalue weighted by molar-refractivity contribution is 5.94. The number of para-hydroxylation sites is 1. The lowest BCUT2D eigenvalue weighted by Crippen LogP contribution is -2.20. The zero-order chi connectivity index (χ0) is 22.8. The molecule has 0 atom stereocenters. The van der Waals surface area contributed by atoms with Gasteiger partial charge in [0.1, 0.15) is 0 Å². The number of hydrazone groups is 1. The Hall–Kier alpha value is -4.20. The number of pyridine rings is 1. The summed E-state index contributed by atoms with van der Waals surface area (Å²) in [5.41, 5.74) is 5.26. The average molecular weight is 432 g/mol. The molecule has 0 spiro atoms. The van der Waals surface area contributed by atoms with Crippen LogP contribution in [-0.4, -0.2) is 36.2 Å². The van der Waals surface area contributed by atoms with Crippen molar-refractivity contribution in [3.8, 4) is 11.5 Å². The summed E-state index contributed by atoms with van der Waals surface area (Å²) in [6.45, 7) is 4.03. The van der Waals surface area contributed by atoms with Crippen LogP contribution < -0.4 is 20.2 Å². The molecule has 0 saturated carbocycles. The number of nitrogens with zero attached hydrogens (tertiary/aromatic N) is 2. The molecule has 8 heteroatoms. The molecule has 2 N–H and O–H groups in total. The number of aryl methyl sites for hydroxylation is 1. The van der Waals surface area contributed by atoms with Gasteiger partial charge in [0.05, 0.1) is 18.4 Å². The quantitative estimate of drug-likeness (QED) is 0.398. The molecule has 2 amide bonds. The molecule has 32 heavy (non-hydrogen) atoms. The third-order valence-electron chi connectivity index (χ3n) is 4.35. The molecule has 0 unspecified atom stereocenters. The highest BCUT2D eigenvalue weighted by Crippen LogP contribution is 2.28. The second-order valence-corrected chi connectivity index (χ2v) is 6.73. The van der Waals surface area contributed by atoms with Gasteiger partial charge >= 0.3 is 0 Å². The van der Waals surface area contributed by atoms with Crippen molar-refractivity contribution in [2.45, 2.75) is 13.8 Å². The summed E-state index contributed by atoms with van der Waals surface area (Å²) < 4.78 is 11.3. The number of hydrogen-bond donors (Lipinski definition) is 2. The molecule has 0 aliphatic heterocycles. The Labute approximate surface area is 186 Å². The highest BCUT2D eigenvalue weighted by atomic mass is 16.5. The molecule has 0 aliphatic rings. The smallest absolute Gasteiger partial charge is 0.272 e. The Kier molecular flexibility index (Phi) is 7.91. The number of carbonyl (C=O) groups excluding carboxylic acids is 2. The largest absolute Gasteiger partial charge is 0.490 e. The van der Waals surface area contributed by atoms with E-state index in [4.69, 9.17) is 9.47 Å². The first-order valence-corrected chi connectivity index (χ1v) is 10.1. The molecule has 164 valence electrons. The van der Waals surface area contributed by atoms with Gasteiger partial charge in [-0.15, -0.1) is 0 Å². The zero-order valence-electron chi connectivity index (χ0n) is 17.9. The van der Waals surface area contributed by atoms with Crippen molar-refractivity contribution in [1.82, 2.24) is 10.4 Å². The van der Waals surface area contributed by atoms with Crippen molar-refractivity contribution in [3.05, 3.63) is 83.7 Å². The van der Waals surface area contributed by atoms with Gasteiger partial charge in [-0.05, 0) is 61.4 Å². The molecule has 0 bridgehead atoms. The van der Waals surface area contributed by atoms with Crippen LogP contribution in [0.1, 0.15) is 28.4 Å². The van der Waals surface area contributed by atoms with Gasteiger partial charge in [-0.1, -0.05) is 18.2 Å². The van der Waals surface area contributed by atoms with E-state index in [9.17, 15) is 9.59 Å². The van der Waals surface area contributed by atoms with Gasteiger partial charge in [0.15, 0.2) is 18.1 Å². The van der Waals surface area contributed by atoms with Gasteiger partial charge < -0.3 is 14.8 Å². The van der Waals surface area contributed by atoms with Crippen molar-refractivity contribution < 1.29 is 19.1 Å². The molecule has 1 heterocycles. The van der Waals surface area contributed by atoms with Crippen molar-refractivity contribution >= 4 is 23.7 Å². The Bertz CT molecular complexity index is 1100. The summed E-state index contributed by atoms with van der Waals surface area (Å²) in [5.74, 6) is 0.270. The average Bonchev–Trinajstić information content (AvgIpc) is 2.81. The topological polar surface area (TPSA) is 102 Å². The van der Waals surface area contributed by atoms with Gasteiger partial charge in [0.25, 0.3) is 11.8 Å². The van der Waals surface area contributed by atoms with Gasteiger partial charge in [-0.2, -0.15) is 5.10 Å². The number of nitrogens with one attached hydrogen (secondary N) is 2. The Morgan fingerprint density at radius 1 is 1.06 bits per heavy atom. The van der Waals surface area contributed by atoms with Crippen molar-refractivity contribution in [1.29, 1.82) is 0 Å². The van der Waals surface area contributed by atoms with E-state index in [0.29, 0.717) is 29.2 Å². The first-order chi connectivity index (χ1) is 15.6. The van der Waals surface area contributed by atoms with Crippen LogP contribution in [0.25, 0.3) is 0 Å². The van der Waals surface area contributed by atoms with Gasteiger partial charge in [-0.3, -0.25) is 14.6 Å². The number of anilines is 1. The Balaban J connectivity index is 1.60. The third-order valence-corrected chi connectivity index (χ3v) is 4.35. The summed E-state index contributed by atoms with van der Waals surface area (Å²) in [5, 5.41) is 6.79. The molecule has 0 fully saturated rings. The fourth-order valence-corrected chi connectivity index (χ4v) is 2.76. The SMILES string of the molecule is CCOc1cc(C=NNC(=O)c2cccnc2)ccc1OCC(=O)Nc1ccccc1C. The van der Waals surface area contributed by atoms with Gasteiger partial charge in [0, 0.05) is 18.1 Å². The maximum absolute atomic E-state index is 12.3. The van der Waals surface area contributed by atoms with Crippen LogP contribution in [0.2, 0.25) is 0 Å². The number of carbonyl (C=O) groups is 2. The standard InChI is InChI=1S/C24H24N4O4/c1-3-31-22-13-18(14-26-28-24(30)19-8-6-12-25-15-19)10-11-21(22)32-16-23(29)27-20-9-5-4-7-17(20)2/h4-15H,3,16H2,1-2H3,(H,27,29)(H,28,30). The van der Waals surface area contributed by atoms with Crippen LogP contribution in [0.5, 0.6) is 11.5 Å². The summed E-state index contributed by atoms with van der Waals surface area (Å²) >= 11 is 0. The lowest BCUT2D eigenvalue weighted by molar-refractivity contribution is -0.118. The molecular weight excluding hydrogens is 408 g/mol. The van der Waals surface area contributed by atoms with Crippen molar-refractivity contribution in [2.24, 2.45) is 5.10 Å². The summed E-state index contributed by atoms with van der Waals surface area (Å²) in [4.78, 5) is 28.2. The summed E-state index contributed by atoms with van der Waals surface area (Å²) in [6, 6.07) is 16.0. The van der Waals surface area contributed by atoms with E-state index >= 15 is 0 Å². The predicted octanol–water partition coefficient (Wildman–Crippen LogP) is 3.57. The summed E-state index contributed by atoms with van der Waals surface area (Å²) in [6.07, 6.45) is 4.54. The van der Waals surface area contributed by atoms with Gasteiger partial charge in [-0.25, -0.2) is 5.43 Å². The first kappa shape index (κ1) is 22.5. The van der Waals surface area contributed by atoms with Crippen molar-refractivity contribution in [2.75, 3.05) is 18.5 Å². The maximum atomic E-state index is 12.3. The van der Waals surface area contributed by atoms with E-state index in [1.165, 1.54) is 12.4 Å². The van der Waals surface area contributed by atoms with Crippen LogP contribution in [0.4, 0.5) is 5.69 Å². The van der Waals surface area contributed by atoms with Gasteiger partial charge in [0.2, 0.25) is 0 Å². The van der Waals surface area contributed by atoms with Crippen LogP contribution in [-0.2, 0) is 4.79 Å².